The molecule has 2 rings (SSSR count). The molecule has 0 aliphatic heterocycles. The van der Waals surface area contributed by atoms with Crippen LogP contribution in [0, 0.1) is 0 Å². The topological polar surface area (TPSA) is 32.3 Å². The molecule has 4 heteroatoms. The molecule has 2 aromatic rings. The van der Waals surface area contributed by atoms with E-state index in [1.807, 2.05) is 30.1 Å². The zero-order valence-corrected chi connectivity index (χ0v) is 13.6. The number of rotatable bonds is 6. The molecule has 0 unspecified atom stereocenters. The highest BCUT2D eigenvalue weighted by atomic mass is 32.1. The van der Waals surface area contributed by atoms with E-state index in [0.717, 1.165) is 12.2 Å². The van der Waals surface area contributed by atoms with Crippen LogP contribution in [0.15, 0.2) is 41.8 Å². The van der Waals surface area contributed by atoms with E-state index in [1.54, 1.807) is 11.3 Å². The Kier molecular flexibility index (Phi) is 5.53. The van der Waals surface area contributed by atoms with Crippen molar-refractivity contribution in [1.29, 1.82) is 0 Å². The van der Waals surface area contributed by atoms with E-state index in [0.29, 0.717) is 12.5 Å². The summed E-state index contributed by atoms with van der Waals surface area (Å²) in [7, 11) is 1.96. The number of likely N-dealkylation sites (N-methyl/N-ethyl adjacent to an activating group) is 1. The van der Waals surface area contributed by atoms with E-state index < -0.39 is 0 Å². The van der Waals surface area contributed by atoms with Gasteiger partial charge in [-0.1, -0.05) is 32.0 Å². The van der Waals surface area contributed by atoms with Gasteiger partial charge in [-0.15, -0.1) is 11.3 Å². The van der Waals surface area contributed by atoms with Crippen LogP contribution in [-0.2, 0) is 11.3 Å². The lowest BCUT2D eigenvalue weighted by molar-refractivity contribution is -0.117. The van der Waals surface area contributed by atoms with Gasteiger partial charge >= 0.3 is 0 Å². The number of benzene rings is 1. The Hall–Kier alpha value is -1.65. The number of carbonyl (C=O) groups excluding carboxylic acids is 1. The first-order valence-corrected chi connectivity index (χ1v) is 8.03. The molecule has 1 heterocycles. The van der Waals surface area contributed by atoms with Crippen LogP contribution in [0.3, 0.4) is 0 Å². The standard InChI is InChI=1S/C17H22N2OS/c1-13(2)14-6-8-15(9-7-14)18-17(20)12-19(3)11-16-5-4-10-21-16/h4-10,13H,11-12H2,1-3H3,(H,18,20). The zero-order valence-electron chi connectivity index (χ0n) is 12.8. The second kappa shape index (κ2) is 7.38. The Morgan fingerprint density at radius 2 is 1.95 bits per heavy atom. The molecule has 1 aromatic heterocycles. The predicted octanol–water partition coefficient (Wildman–Crippen LogP) is 3.94. The number of nitrogens with zero attached hydrogens (tertiary/aromatic N) is 1. The Bertz CT molecular complexity index is 561. The van der Waals surface area contributed by atoms with Crippen molar-refractivity contribution in [3.8, 4) is 0 Å². The van der Waals surface area contributed by atoms with Gasteiger partial charge in [-0.2, -0.15) is 0 Å². The number of hydrogen-bond donors (Lipinski definition) is 1. The molecule has 0 aliphatic carbocycles. The van der Waals surface area contributed by atoms with Gasteiger partial charge in [0.15, 0.2) is 0 Å². The molecular formula is C17H22N2OS. The van der Waals surface area contributed by atoms with Gasteiger partial charge in [-0.25, -0.2) is 0 Å². The maximum atomic E-state index is 12.0. The van der Waals surface area contributed by atoms with E-state index in [2.05, 4.69) is 42.7 Å². The van der Waals surface area contributed by atoms with Gasteiger partial charge in [0.1, 0.15) is 0 Å². The average molecular weight is 302 g/mol. The van der Waals surface area contributed by atoms with Crippen LogP contribution in [0.2, 0.25) is 0 Å². The first-order valence-electron chi connectivity index (χ1n) is 7.15. The summed E-state index contributed by atoms with van der Waals surface area (Å²) in [6.07, 6.45) is 0. The molecular weight excluding hydrogens is 280 g/mol. The number of carbonyl (C=O) groups is 1. The molecule has 0 atom stereocenters. The van der Waals surface area contributed by atoms with E-state index in [-0.39, 0.29) is 5.91 Å². The minimum atomic E-state index is 0.0198. The summed E-state index contributed by atoms with van der Waals surface area (Å²) in [6.45, 7) is 5.52. The largest absolute Gasteiger partial charge is 0.325 e. The Morgan fingerprint density at radius 1 is 1.24 bits per heavy atom. The van der Waals surface area contributed by atoms with Crippen LogP contribution >= 0.6 is 11.3 Å². The van der Waals surface area contributed by atoms with Gasteiger partial charge in [0.2, 0.25) is 5.91 Å². The SMILES string of the molecule is CC(C)c1ccc(NC(=O)CN(C)Cc2cccs2)cc1. The first-order chi connectivity index (χ1) is 10.0. The molecule has 0 spiro atoms. The fraction of sp³-hybridized carbons (Fsp3) is 0.353. The second-order valence-electron chi connectivity index (χ2n) is 5.58. The van der Waals surface area contributed by atoms with E-state index in [9.17, 15) is 4.79 Å². The number of hydrogen-bond acceptors (Lipinski definition) is 3. The molecule has 21 heavy (non-hydrogen) atoms. The number of anilines is 1. The van der Waals surface area contributed by atoms with Crippen molar-refractivity contribution >= 4 is 22.9 Å². The maximum Gasteiger partial charge on any atom is 0.238 e. The van der Waals surface area contributed by atoms with Crippen molar-refractivity contribution in [1.82, 2.24) is 4.90 Å². The van der Waals surface area contributed by atoms with E-state index >= 15 is 0 Å². The highest BCUT2D eigenvalue weighted by Gasteiger charge is 2.08. The van der Waals surface area contributed by atoms with Gasteiger partial charge in [0.05, 0.1) is 6.54 Å². The Labute approximate surface area is 130 Å². The van der Waals surface area contributed by atoms with Gasteiger partial charge in [-0.05, 0) is 42.1 Å². The summed E-state index contributed by atoms with van der Waals surface area (Å²) >= 11 is 1.71. The fourth-order valence-electron chi connectivity index (χ4n) is 2.12. The molecule has 0 radical (unpaired) electrons. The zero-order chi connectivity index (χ0) is 15.2. The first kappa shape index (κ1) is 15.7. The normalized spacial score (nSPS) is 11.1. The number of amides is 1. The third kappa shape index (κ3) is 4.99. The molecule has 0 aliphatic rings. The third-order valence-corrected chi connectivity index (χ3v) is 4.14. The van der Waals surface area contributed by atoms with Gasteiger partial charge in [0, 0.05) is 17.1 Å². The lowest BCUT2D eigenvalue weighted by Gasteiger charge is -2.15. The lowest BCUT2D eigenvalue weighted by atomic mass is 10.0. The minimum Gasteiger partial charge on any atom is -0.325 e. The summed E-state index contributed by atoms with van der Waals surface area (Å²) < 4.78 is 0. The highest BCUT2D eigenvalue weighted by Crippen LogP contribution is 2.17. The third-order valence-electron chi connectivity index (χ3n) is 3.28. The lowest BCUT2D eigenvalue weighted by Crippen LogP contribution is -2.29. The van der Waals surface area contributed by atoms with Crippen LogP contribution in [-0.4, -0.2) is 24.4 Å². The number of thiophene rings is 1. The van der Waals surface area contributed by atoms with Crippen molar-refractivity contribution in [2.45, 2.75) is 26.3 Å². The second-order valence-corrected chi connectivity index (χ2v) is 6.61. The number of nitrogens with one attached hydrogen (secondary N) is 1. The van der Waals surface area contributed by atoms with Gasteiger partial charge in [0.25, 0.3) is 0 Å². The summed E-state index contributed by atoms with van der Waals surface area (Å²) in [5, 5.41) is 5.00. The molecule has 0 fully saturated rings. The van der Waals surface area contributed by atoms with Crippen molar-refractivity contribution in [3.05, 3.63) is 52.2 Å². The van der Waals surface area contributed by atoms with Crippen LogP contribution in [0.5, 0.6) is 0 Å². The average Bonchev–Trinajstić information content (AvgIpc) is 2.91. The maximum absolute atomic E-state index is 12.0. The molecule has 112 valence electrons. The molecule has 3 nitrogen and oxygen atoms in total. The van der Waals surface area contributed by atoms with Crippen LogP contribution in [0.1, 0.15) is 30.2 Å². The van der Waals surface area contributed by atoms with Crippen molar-refractivity contribution < 1.29 is 4.79 Å². The van der Waals surface area contributed by atoms with E-state index in [1.165, 1.54) is 10.4 Å². The minimum absolute atomic E-state index is 0.0198. The smallest absolute Gasteiger partial charge is 0.238 e. The predicted molar refractivity (Wildman–Crippen MR) is 89.8 cm³/mol. The van der Waals surface area contributed by atoms with Crippen LogP contribution < -0.4 is 5.32 Å². The van der Waals surface area contributed by atoms with Gasteiger partial charge in [-0.3, -0.25) is 9.69 Å². The molecule has 1 N–H and O–H groups in total. The van der Waals surface area contributed by atoms with Crippen molar-refractivity contribution in [2.75, 3.05) is 18.9 Å². The van der Waals surface area contributed by atoms with E-state index in [4.69, 9.17) is 0 Å². The van der Waals surface area contributed by atoms with Crippen molar-refractivity contribution in [3.63, 3.8) is 0 Å². The molecule has 0 saturated heterocycles. The quantitative estimate of drug-likeness (QED) is 0.876. The molecule has 1 amide bonds. The fourth-order valence-corrected chi connectivity index (χ4v) is 2.91. The monoisotopic (exact) mass is 302 g/mol. The van der Waals surface area contributed by atoms with Crippen molar-refractivity contribution in [2.24, 2.45) is 0 Å². The van der Waals surface area contributed by atoms with Gasteiger partial charge < -0.3 is 5.32 Å². The molecule has 0 saturated carbocycles. The molecule has 0 bridgehead atoms. The summed E-state index contributed by atoms with van der Waals surface area (Å²) in [5.74, 6) is 0.526. The van der Waals surface area contributed by atoms with Crippen LogP contribution in [0.25, 0.3) is 0 Å². The Morgan fingerprint density at radius 3 is 2.52 bits per heavy atom. The molecule has 1 aromatic carbocycles. The summed E-state index contributed by atoms with van der Waals surface area (Å²) in [5.41, 5.74) is 2.14. The highest BCUT2D eigenvalue weighted by molar-refractivity contribution is 7.09. The van der Waals surface area contributed by atoms with Crippen LogP contribution in [0.4, 0.5) is 5.69 Å². The Balaban J connectivity index is 1.83. The summed E-state index contributed by atoms with van der Waals surface area (Å²) in [6, 6.07) is 12.2. The summed E-state index contributed by atoms with van der Waals surface area (Å²) in [4.78, 5) is 15.3.